The summed E-state index contributed by atoms with van der Waals surface area (Å²) in [6.45, 7) is 5.85. The molecule has 0 spiro atoms. The molecule has 0 radical (unpaired) electrons. The number of nitrogens with one attached hydrogen (secondary N) is 1. The highest BCUT2D eigenvalue weighted by Gasteiger charge is 2.15. The fraction of sp³-hybridized carbons (Fsp3) is 0.238. The van der Waals surface area contributed by atoms with E-state index in [4.69, 9.17) is 0 Å². The minimum absolute atomic E-state index is 0.0168. The van der Waals surface area contributed by atoms with Gasteiger partial charge in [0.2, 0.25) is 0 Å². The number of likely N-dealkylation sites (N-methyl/N-ethyl adjacent to an activating group) is 1. The fourth-order valence-corrected chi connectivity index (χ4v) is 2.61. The van der Waals surface area contributed by atoms with Crippen molar-refractivity contribution >= 4 is 17.9 Å². The van der Waals surface area contributed by atoms with E-state index >= 15 is 0 Å². The first-order valence-corrected chi connectivity index (χ1v) is 8.48. The maximum atomic E-state index is 14.2. The van der Waals surface area contributed by atoms with Gasteiger partial charge in [-0.1, -0.05) is 37.8 Å². The molecule has 1 aliphatic heterocycles. The van der Waals surface area contributed by atoms with Crippen LogP contribution in [0.5, 0.6) is 0 Å². The summed E-state index contributed by atoms with van der Waals surface area (Å²) in [5.74, 6) is -0.795. The van der Waals surface area contributed by atoms with Gasteiger partial charge in [0.05, 0.1) is 0 Å². The molecule has 0 saturated carbocycles. The van der Waals surface area contributed by atoms with Crippen molar-refractivity contribution in [3.63, 3.8) is 0 Å². The van der Waals surface area contributed by atoms with Crippen LogP contribution >= 0.6 is 0 Å². The summed E-state index contributed by atoms with van der Waals surface area (Å²) >= 11 is 0. The zero-order valence-electron chi connectivity index (χ0n) is 15.1. The Bertz CT molecular complexity index is 806. The molecule has 1 aromatic rings. The Hall–Kier alpha value is -2.95. The molecule has 0 fully saturated rings. The van der Waals surface area contributed by atoms with Gasteiger partial charge in [-0.25, -0.2) is 4.39 Å². The fourth-order valence-electron chi connectivity index (χ4n) is 2.61. The first-order valence-electron chi connectivity index (χ1n) is 8.48. The molecular weight excluding hydrogens is 331 g/mol. The second kappa shape index (κ2) is 8.94. The van der Waals surface area contributed by atoms with Gasteiger partial charge in [-0.05, 0) is 36.1 Å². The zero-order valence-corrected chi connectivity index (χ0v) is 15.1. The van der Waals surface area contributed by atoms with Gasteiger partial charge in [-0.15, -0.1) is 0 Å². The molecule has 0 atom stereocenters. The molecule has 1 N–H and O–H groups in total. The van der Waals surface area contributed by atoms with E-state index in [9.17, 15) is 14.0 Å². The van der Waals surface area contributed by atoms with Gasteiger partial charge >= 0.3 is 0 Å². The Kier molecular flexibility index (Phi) is 6.67. The number of nitrogens with zero attached hydrogens (tertiary/aromatic N) is 1. The van der Waals surface area contributed by atoms with Crippen LogP contribution in [0.1, 0.15) is 24.5 Å². The summed E-state index contributed by atoms with van der Waals surface area (Å²) in [6, 6.07) is 2.92. The van der Waals surface area contributed by atoms with E-state index in [0.29, 0.717) is 36.0 Å². The van der Waals surface area contributed by atoms with E-state index in [-0.39, 0.29) is 12.3 Å². The lowest BCUT2D eigenvalue weighted by molar-refractivity contribution is -0.113. The standard InChI is InChI=1S/C21H23FN2O2/c1-4-16-12-17(10-11-25)19(22)13-20(16)23-21(26)18-9-7-5-6-8-15(2)24(3)14-18/h5-8,11-14H,2,4,9-10H2,1,3H3,(H,23,26)/b7-5-,8-6-,18-14+. The molecule has 1 heterocycles. The number of aldehydes is 1. The second-order valence-electron chi connectivity index (χ2n) is 6.03. The average Bonchev–Trinajstić information content (AvgIpc) is 2.69. The van der Waals surface area contributed by atoms with E-state index < -0.39 is 5.82 Å². The summed E-state index contributed by atoms with van der Waals surface area (Å²) in [6.07, 6.45) is 10.9. The van der Waals surface area contributed by atoms with E-state index in [1.165, 1.54) is 6.07 Å². The average molecular weight is 354 g/mol. The molecule has 136 valence electrons. The first-order chi connectivity index (χ1) is 12.5. The quantitative estimate of drug-likeness (QED) is 0.816. The number of hydrogen-bond donors (Lipinski definition) is 1. The monoisotopic (exact) mass is 354 g/mol. The highest BCUT2D eigenvalue weighted by molar-refractivity contribution is 6.04. The minimum Gasteiger partial charge on any atom is -0.351 e. The van der Waals surface area contributed by atoms with Crippen LogP contribution in [0, 0.1) is 5.82 Å². The van der Waals surface area contributed by atoms with Crippen LogP contribution in [0.2, 0.25) is 0 Å². The van der Waals surface area contributed by atoms with Crippen molar-refractivity contribution in [2.45, 2.75) is 26.2 Å². The van der Waals surface area contributed by atoms with E-state index in [1.807, 2.05) is 38.3 Å². The Morgan fingerprint density at radius 1 is 1.35 bits per heavy atom. The van der Waals surface area contributed by atoms with Gasteiger partial charge in [-0.2, -0.15) is 0 Å². The number of aryl methyl sites for hydroxylation is 1. The number of halogens is 1. The molecule has 2 rings (SSSR count). The van der Waals surface area contributed by atoms with Crippen LogP contribution in [0.3, 0.4) is 0 Å². The predicted octanol–water partition coefficient (Wildman–Crippen LogP) is 3.91. The summed E-state index contributed by atoms with van der Waals surface area (Å²) in [5, 5.41) is 2.80. The van der Waals surface area contributed by atoms with Crippen LogP contribution in [0.4, 0.5) is 10.1 Å². The van der Waals surface area contributed by atoms with Crippen molar-refractivity contribution < 1.29 is 14.0 Å². The number of anilines is 1. The van der Waals surface area contributed by atoms with Gasteiger partial charge in [0.25, 0.3) is 5.91 Å². The van der Waals surface area contributed by atoms with Crippen molar-refractivity contribution in [3.05, 3.63) is 77.4 Å². The predicted molar refractivity (Wildman–Crippen MR) is 102 cm³/mol. The summed E-state index contributed by atoms with van der Waals surface area (Å²) in [5.41, 5.74) is 2.83. The van der Waals surface area contributed by atoms with Gasteiger partial charge in [0.1, 0.15) is 12.1 Å². The Morgan fingerprint density at radius 3 is 2.81 bits per heavy atom. The van der Waals surface area contributed by atoms with Crippen LogP contribution in [-0.4, -0.2) is 24.1 Å². The molecule has 0 aliphatic carbocycles. The molecule has 0 bridgehead atoms. The van der Waals surface area contributed by atoms with Crippen molar-refractivity contribution in [2.24, 2.45) is 0 Å². The second-order valence-corrected chi connectivity index (χ2v) is 6.03. The van der Waals surface area contributed by atoms with Crippen LogP contribution in [0.25, 0.3) is 0 Å². The van der Waals surface area contributed by atoms with Crippen molar-refractivity contribution in [2.75, 3.05) is 12.4 Å². The Morgan fingerprint density at radius 2 is 2.12 bits per heavy atom. The molecule has 1 aromatic carbocycles. The normalized spacial score (nSPS) is 18.8. The summed E-state index contributed by atoms with van der Waals surface area (Å²) in [4.78, 5) is 25.2. The smallest absolute Gasteiger partial charge is 0.253 e. The molecule has 0 unspecified atom stereocenters. The van der Waals surface area contributed by atoms with Gasteiger partial charge in [0, 0.05) is 36.6 Å². The number of rotatable bonds is 5. The molecular formula is C21H23FN2O2. The maximum absolute atomic E-state index is 14.2. The van der Waals surface area contributed by atoms with Crippen molar-refractivity contribution in [3.8, 4) is 0 Å². The van der Waals surface area contributed by atoms with E-state index in [1.54, 1.807) is 17.2 Å². The number of carbonyl (C=O) groups excluding carboxylic acids is 2. The number of carbonyl (C=O) groups is 2. The highest BCUT2D eigenvalue weighted by Crippen LogP contribution is 2.23. The molecule has 0 saturated heterocycles. The minimum atomic E-state index is -0.498. The van der Waals surface area contributed by atoms with Gasteiger partial charge < -0.3 is 15.0 Å². The third-order valence-corrected chi connectivity index (χ3v) is 4.17. The van der Waals surface area contributed by atoms with Gasteiger partial charge in [0.15, 0.2) is 0 Å². The number of amides is 1. The van der Waals surface area contributed by atoms with Gasteiger partial charge in [-0.3, -0.25) is 4.79 Å². The van der Waals surface area contributed by atoms with Crippen LogP contribution in [-0.2, 0) is 22.4 Å². The van der Waals surface area contributed by atoms with Crippen molar-refractivity contribution in [1.82, 2.24) is 4.90 Å². The molecule has 4 nitrogen and oxygen atoms in total. The number of allylic oxidation sites excluding steroid dienone is 4. The van der Waals surface area contributed by atoms with Crippen molar-refractivity contribution in [1.29, 1.82) is 0 Å². The lowest BCUT2D eigenvalue weighted by Gasteiger charge is -2.17. The molecule has 0 aromatic heterocycles. The lowest BCUT2D eigenvalue weighted by atomic mass is 10.0. The zero-order chi connectivity index (χ0) is 19.1. The topological polar surface area (TPSA) is 49.4 Å². The van der Waals surface area contributed by atoms with Crippen LogP contribution < -0.4 is 5.32 Å². The summed E-state index contributed by atoms with van der Waals surface area (Å²) < 4.78 is 14.2. The van der Waals surface area contributed by atoms with Crippen LogP contribution in [0.15, 0.2) is 60.5 Å². The largest absolute Gasteiger partial charge is 0.351 e. The molecule has 26 heavy (non-hydrogen) atoms. The Labute approximate surface area is 153 Å². The third kappa shape index (κ3) is 4.79. The molecule has 5 heteroatoms. The maximum Gasteiger partial charge on any atom is 0.253 e. The molecule has 1 aliphatic rings. The SMILES string of the molecule is C=C1/C=C\C=C/C/C(C(=O)Nc2cc(F)c(CC=O)cc2CC)=C\N1C. The lowest BCUT2D eigenvalue weighted by Crippen LogP contribution is -2.19. The van der Waals surface area contributed by atoms with E-state index in [2.05, 4.69) is 11.9 Å². The first kappa shape index (κ1) is 19.4. The highest BCUT2D eigenvalue weighted by atomic mass is 19.1. The number of benzene rings is 1. The van der Waals surface area contributed by atoms with E-state index in [0.717, 1.165) is 11.3 Å². The number of hydrogen-bond acceptors (Lipinski definition) is 3. The Balaban J connectivity index is 2.29. The summed E-state index contributed by atoms with van der Waals surface area (Å²) in [7, 11) is 1.82. The third-order valence-electron chi connectivity index (χ3n) is 4.17. The molecule has 1 amide bonds.